The van der Waals surface area contributed by atoms with E-state index < -0.39 is 28.0 Å². The molecule has 0 aromatic heterocycles. The lowest BCUT2D eigenvalue weighted by atomic mass is 9.85. The van der Waals surface area contributed by atoms with Crippen LogP contribution >= 0.6 is 34.8 Å². The number of amides is 1. The molecule has 0 spiro atoms. The van der Waals surface area contributed by atoms with Gasteiger partial charge in [-0.15, -0.1) is 0 Å². The molecular formula is C14H16Cl3NO4. The summed E-state index contributed by atoms with van der Waals surface area (Å²) in [5.74, 6) is -1.19. The molecule has 0 heterocycles. The van der Waals surface area contributed by atoms with Crippen molar-refractivity contribution in [3.8, 4) is 0 Å². The zero-order chi connectivity index (χ0) is 16.8. The molecule has 0 bridgehead atoms. The van der Waals surface area contributed by atoms with Crippen molar-refractivity contribution >= 4 is 46.9 Å². The van der Waals surface area contributed by atoms with Gasteiger partial charge in [-0.25, -0.2) is 9.59 Å². The molecule has 0 saturated carbocycles. The summed E-state index contributed by atoms with van der Waals surface area (Å²) >= 11 is 16.5. The molecule has 0 unspecified atom stereocenters. The number of carbonyl (C=O) groups is 2. The molecular weight excluding hydrogens is 353 g/mol. The molecule has 1 aromatic carbocycles. The van der Waals surface area contributed by atoms with Gasteiger partial charge in [-0.05, 0) is 12.0 Å². The number of ether oxygens (including phenoxy) is 1. The largest absolute Gasteiger partial charge is 0.479 e. The number of carbonyl (C=O) groups excluding carboxylic acids is 1. The Morgan fingerprint density at radius 3 is 2.27 bits per heavy atom. The van der Waals surface area contributed by atoms with Crippen molar-refractivity contribution in [3.05, 3.63) is 35.9 Å². The first-order chi connectivity index (χ1) is 10.2. The lowest BCUT2D eigenvalue weighted by molar-refractivity contribution is -0.145. The molecule has 1 aromatic rings. The second-order valence-corrected chi connectivity index (χ2v) is 7.16. The van der Waals surface area contributed by atoms with Crippen molar-refractivity contribution in [2.24, 2.45) is 0 Å². The van der Waals surface area contributed by atoms with Crippen LogP contribution in [0.5, 0.6) is 0 Å². The van der Waals surface area contributed by atoms with Gasteiger partial charge >= 0.3 is 12.1 Å². The van der Waals surface area contributed by atoms with Gasteiger partial charge in [-0.1, -0.05) is 78.5 Å². The van der Waals surface area contributed by atoms with E-state index in [1.165, 1.54) is 0 Å². The van der Waals surface area contributed by atoms with E-state index in [2.05, 4.69) is 5.32 Å². The number of nitrogens with one attached hydrogen (secondary N) is 1. The Labute approximate surface area is 143 Å². The Morgan fingerprint density at radius 1 is 1.23 bits per heavy atom. The molecule has 2 N–H and O–H groups in total. The number of hydrogen-bond acceptors (Lipinski definition) is 3. The van der Waals surface area contributed by atoms with Crippen molar-refractivity contribution in [2.45, 2.75) is 29.1 Å². The van der Waals surface area contributed by atoms with Crippen LogP contribution in [0.15, 0.2) is 30.3 Å². The van der Waals surface area contributed by atoms with E-state index in [1.807, 2.05) is 6.92 Å². The minimum Gasteiger partial charge on any atom is -0.479 e. The van der Waals surface area contributed by atoms with Crippen LogP contribution in [0.1, 0.15) is 25.3 Å². The number of hydrogen-bond donors (Lipinski definition) is 2. The zero-order valence-electron chi connectivity index (χ0n) is 11.8. The van der Waals surface area contributed by atoms with Crippen molar-refractivity contribution in [3.63, 3.8) is 0 Å². The van der Waals surface area contributed by atoms with Crippen LogP contribution in [0.4, 0.5) is 4.79 Å². The molecule has 0 saturated heterocycles. The fourth-order valence-corrected chi connectivity index (χ4v) is 2.18. The van der Waals surface area contributed by atoms with Gasteiger partial charge in [0.25, 0.3) is 0 Å². The lowest BCUT2D eigenvalue weighted by Crippen LogP contribution is -2.52. The summed E-state index contributed by atoms with van der Waals surface area (Å²) in [7, 11) is 0. The van der Waals surface area contributed by atoms with E-state index >= 15 is 0 Å². The second kappa shape index (κ2) is 7.90. The van der Waals surface area contributed by atoms with Gasteiger partial charge in [0.15, 0.2) is 5.54 Å². The maximum atomic E-state index is 11.9. The third kappa shape index (κ3) is 5.23. The van der Waals surface area contributed by atoms with Gasteiger partial charge in [0.05, 0.1) is 0 Å². The highest BCUT2D eigenvalue weighted by Crippen LogP contribution is 2.29. The molecule has 1 amide bonds. The first kappa shape index (κ1) is 18.9. The average Bonchev–Trinajstić information content (AvgIpc) is 2.44. The standard InChI is InChI=1S/C14H16Cl3NO4/c1-2-8-13(11(19)20,10-6-4-3-5-7-10)18-12(21)22-9-14(15,16)17/h3-7H,2,8-9H2,1H3,(H,18,21)(H,19,20)/t13-/m0/s1. The van der Waals surface area contributed by atoms with Crippen molar-refractivity contribution < 1.29 is 19.4 Å². The minimum absolute atomic E-state index is 0.190. The molecule has 5 nitrogen and oxygen atoms in total. The first-order valence-corrected chi connectivity index (χ1v) is 7.65. The summed E-state index contributed by atoms with van der Waals surface area (Å²) in [5.41, 5.74) is -1.16. The number of carboxylic acids is 1. The number of rotatable bonds is 6. The molecule has 0 aliphatic rings. The van der Waals surface area contributed by atoms with E-state index in [9.17, 15) is 14.7 Å². The average molecular weight is 369 g/mol. The fourth-order valence-electron chi connectivity index (χ4n) is 2.02. The number of alkyl carbamates (subject to hydrolysis) is 1. The highest BCUT2D eigenvalue weighted by Gasteiger charge is 2.42. The van der Waals surface area contributed by atoms with E-state index in [1.54, 1.807) is 30.3 Å². The molecule has 0 radical (unpaired) electrons. The molecule has 0 fully saturated rings. The summed E-state index contributed by atoms with van der Waals surface area (Å²) in [6.45, 7) is 1.33. The van der Waals surface area contributed by atoms with Gasteiger partial charge in [-0.3, -0.25) is 0 Å². The highest BCUT2D eigenvalue weighted by molar-refractivity contribution is 6.67. The third-order valence-electron chi connectivity index (χ3n) is 2.94. The van der Waals surface area contributed by atoms with E-state index in [4.69, 9.17) is 39.5 Å². The van der Waals surface area contributed by atoms with Crippen LogP contribution in [0, 0.1) is 0 Å². The minimum atomic E-state index is -1.76. The Bertz CT molecular complexity index is 519. The van der Waals surface area contributed by atoms with Crippen molar-refractivity contribution in [2.75, 3.05) is 6.61 Å². The summed E-state index contributed by atoms with van der Waals surface area (Å²) in [6.07, 6.45) is -0.243. The topological polar surface area (TPSA) is 75.6 Å². The number of benzene rings is 1. The van der Waals surface area contributed by atoms with Crippen LogP contribution < -0.4 is 5.32 Å². The van der Waals surface area contributed by atoms with Crippen LogP contribution in [0.3, 0.4) is 0 Å². The van der Waals surface area contributed by atoms with E-state index in [-0.39, 0.29) is 6.42 Å². The number of carboxylic acid groups (broad SMARTS) is 1. The molecule has 1 atom stereocenters. The summed E-state index contributed by atoms with van der Waals surface area (Å²) in [4.78, 5) is 23.7. The fraction of sp³-hybridized carbons (Fsp3) is 0.429. The number of alkyl halides is 3. The van der Waals surface area contributed by atoms with Crippen LogP contribution in [0.25, 0.3) is 0 Å². The SMILES string of the molecule is CCC[C@@](NC(=O)OCC(Cl)(Cl)Cl)(C(=O)O)c1ccccc1. The van der Waals surface area contributed by atoms with Crippen LogP contribution in [0.2, 0.25) is 0 Å². The van der Waals surface area contributed by atoms with Gasteiger partial charge in [0.1, 0.15) is 6.61 Å². The molecule has 8 heteroatoms. The monoisotopic (exact) mass is 367 g/mol. The quantitative estimate of drug-likeness (QED) is 0.748. The highest BCUT2D eigenvalue weighted by atomic mass is 35.6. The zero-order valence-corrected chi connectivity index (χ0v) is 14.1. The van der Waals surface area contributed by atoms with Crippen molar-refractivity contribution in [1.29, 1.82) is 0 Å². The summed E-state index contributed by atoms with van der Waals surface area (Å²) in [6, 6.07) is 8.38. The summed E-state index contributed by atoms with van der Waals surface area (Å²) in [5, 5.41) is 12.0. The molecule has 0 aliphatic heterocycles. The molecule has 1 rings (SSSR count). The van der Waals surface area contributed by atoms with Crippen molar-refractivity contribution in [1.82, 2.24) is 5.32 Å². The van der Waals surface area contributed by atoms with Crippen LogP contribution in [-0.4, -0.2) is 27.6 Å². The Kier molecular flexibility index (Phi) is 6.78. The van der Waals surface area contributed by atoms with E-state index in [0.29, 0.717) is 12.0 Å². The Morgan fingerprint density at radius 2 is 1.82 bits per heavy atom. The van der Waals surface area contributed by atoms with Gasteiger partial charge in [-0.2, -0.15) is 0 Å². The second-order valence-electron chi connectivity index (χ2n) is 4.64. The first-order valence-electron chi connectivity index (χ1n) is 6.52. The Hall–Kier alpha value is -1.17. The molecule has 0 aliphatic carbocycles. The predicted octanol–water partition coefficient (Wildman–Crippen LogP) is 3.86. The van der Waals surface area contributed by atoms with Crippen LogP contribution in [-0.2, 0) is 15.1 Å². The maximum absolute atomic E-state index is 11.9. The van der Waals surface area contributed by atoms with Gasteiger partial charge in [0.2, 0.25) is 3.79 Å². The smallest absolute Gasteiger partial charge is 0.408 e. The number of halogens is 3. The lowest BCUT2D eigenvalue weighted by Gasteiger charge is -2.30. The Balaban J connectivity index is 3.01. The normalized spacial score (nSPS) is 14.0. The molecule has 22 heavy (non-hydrogen) atoms. The molecule has 122 valence electrons. The maximum Gasteiger partial charge on any atom is 0.408 e. The third-order valence-corrected chi connectivity index (χ3v) is 3.27. The summed E-state index contributed by atoms with van der Waals surface area (Å²) < 4.78 is 3.01. The number of aliphatic carboxylic acids is 1. The van der Waals surface area contributed by atoms with Gasteiger partial charge in [0, 0.05) is 0 Å². The van der Waals surface area contributed by atoms with Gasteiger partial charge < -0.3 is 15.2 Å². The predicted molar refractivity (Wildman–Crippen MR) is 85.4 cm³/mol. The van der Waals surface area contributed by atoms with E-state index in [0.717, 1.165) is 0 Å².